The van der Waals surface area contributed by atoms with E-state index < -0.39 is 6.04 Å². The summed E-state index contributed by atoms with van der Waals surface area (Å²) in [6.07, 6.45) is 1.37. The molecule has 0 N–H and O–H groups in total. The van der Waals surface area contributed by atoms with Crippen LogP contribution in [0.3, 0.4) is 0 Å². The molecule has 2 rings (SSSR count). The number of hydrogen-bond acceptors (Lipinski definition) is 4. The summed E-state index contributed by atoms with van der Waals surface area (Å²) < 4.78 is 1.45. The van der Waals surface area contributed by atoms with Gasteiger partial charge in [-0.05, 0) is 32.4 Å². The van der Waals surface area contributed by atoms with Crippen molar-refractivity contribution in [2.24, 2.45) is 0 Å². The minimum atomic E-state index is -0.588. The van der Waals surface area contributed by atoms with Crippen LogP contribution in [0.1, 0.15) is 45.8 Å². The maximum Gasteiger partial charge on any atom is 0.185 e. The third kappa shape index (κ3) is 2.54. The van der Waals surface area contributed by atoms with Gasteiger partial charge in [0.1, 0.15) is 12.1 Å². The standard InChI is InChI=1S/C16H14N4O/c1-10-4-5-11(2)13(6-10)16(21)12(3)20-9-19-14(7-17)15(20)8-18/h4-6,9,12H,1-3H3. The quantitative estimate of drug-likeness (QED) is 0.808. The summed E-state index contributed by atoms with van der Waals surface area (Å²) in [4.78, 5) is 16.5. The lowest BCUT2D eigenvalue weighted by atomic mass is 9.98. The molecule has 1 aromatic heterocycles. The number of aromatic nitrogens is 2. The van der Waals surface area contributed by atoms with Gasteiger partial charge in [-0.15, -0.1) is 0 Å². The maximum absolute atomic E-state index is 12.6. The maximum atomic E-state index is 12.6. The van der Waals surface area contributed by atoms with Crippen molar-refractivity contribution in [1.29, 1.82) is 10.5 Å². The number of nitrogens with zero attached hydrogens (tertiary/aromatic N) is 4. The Labute approximate surface area is 123 Å². The average Bonchev–Trinajstić information content (AvgIpc) is 2.91. The Hall–Kier alpha value is -2.92. The van der Waals surface area contributed by atoms with E-state index in [0.717, 1.165) is 11.1 Å². The molecule has 1 unspecified atom stereocenters. The van der Waals surface area contributed by atoms with Gasteiger partial charge in [-0.3, -0.25) is 4.79 Å². The first kappa shape index (κ1) is 14.5. The minimum Gasteiger partial charge on any atom is -0.310 e. The Morgan fingerprint density at radius 1 is 1.29 bits per heavy atom. The first-order valence-electron chi connectivity index (χ1n) is 6.48. The van der Waals surface area contributed by atoms with Crippen LogP contribution in [0.5, 0.6) is 0 Å². The van der Waals surface area contributed by atoms with Crippen molar-refractivity contribution in [3.63, 3.8) is 0 Å². The molecule has 21 heavy (non-hydrogen) atoms. The predicted octanol–water partition coefficient (Wildman–Crippen LogP) is 2.69. The van der Waals surface area contributed by atoms with Gasteiger partial charge >= 0.3 is 0 Å². The first-order valence-corrected chi connectivity index (χ1v) is 6.48. The van der Waals surface area contributed by atoms with Crippen molar-refractivity contribution >= 4 is 5.78 Å². The highest BCUT2D eigenvalue weighted by Crippen LogP contribution is 2.21. The van der Waals surface area contributed by atoms with Gasteiger partial charge in [0.05, 0.1) is 12.4 Å². The molecule has 0 saturated carbocycles. The number of nitriles is 2. The van der Waals surface area contributed by atoms with E-state index >= 15 is 0 Å². The third-order valence-corrected chi connectivity index (χ3v) is 3.46. The summed E-state index contributed by atoms with van der Waals surface area (Å²) in [6.45, 7) is 5.50. The van der Waals surface area contributed by atoms with E-state index in [1.165, 1.54) is 10.9 Å². The lowest BCUT2D eigenvalue weighted by Gasteiger charge is -2.15. The van der Waals surface area contributed by atoms with E-state index in [1.807, 2.05) is 44.2 Å². The molecule has 0 bridgehead atoms. The Kier molecular flexibility index (Phi) is 3.86. The van der Waals surface area contributed by atoms with E-state index in [2.05, 4.69) is 4.98 Å². The molecule has 1 aromatic carbocycles. The van der Waals surface area contributed by atoms with Crippen LogP contribution in [0.25, 0.3) is 0 Å². The number of aryl methyl sites for hydroxylation is 2. The molecule has 0 spiro atoms. The van der Waals surface area contributed by atoms with Crippen molar-refractivity contribution in [3.8, 4) is 12.1 Å². The van der Waals surface area contributed by atoms with E-state index in [-0.39, 0.29) is 17.2 Å². The van der Waals surface area contributed by atoms with Crippen LogP contribution in [-0.4, -0.2) is 15.3 Å². The number of ketones is 1. The number of imidazole rings is 1. The van der Waals surface area contributed by atoms with Crippen molar-refractivity contribution in [1.82, 2.24) is 9.55 Å². The molecule has 0 aliphatic rings. The lowest BCUT2D eigenvalue weighted by Crippen LogP contribution is -2.18. The molecule has 0 radical (unpaired) electrons. The van der Waals surface area contributed by atoms with E-state index in [4.69, 9.17) is 10.5 Å². The lowest BCUT2D eigenvalue weighted by molar-refractivity contribution is 0.0933. The van der Waals surface area contributed by atoms with Crippen LogP contribution in [0.2, 0.25) is 0 Å². The summed E-state index contributed by atoms with van der Waals surface area (Å²) in [5.74, 6) is -0.102. The number of hydrogen-bond donors (Lipinski definition) is 0. The highest BCUT2D eigenvalue weighted by molar-refractivity contribution is 6.00. The van der Waals surface area contributed by atoms with Gasteiger partial charge in [0.25, 0.3) is 0 Å². The summed E-state index contributed by atoms with van der Waals surface area (Å²) in [7, 11) is 0. The number of rotatable bonds is 3. The second-order valence-corrected chi connectivity index (χ2v) is 4.93. The van der Waals surface area contributed by atoms with Gasteiger partial charge in [-0.2, -0.15) is 10.5 Å². The van der Waals surface area contributed by atoms with Crippen molar-refractivity contribution in [3.05, 3.63) is 52.6 Å². The van der Waals surface area contributed by atoms with Crippen LogP contribution < -0.4 is 0 Å². The van der Waals surface area contributed by atoms with Crippen LogP contribution in [0, 0.1) is 36.5 Å². The van der Waals surface area contributed by atoms with Gasteiger partial charge in [-0.25, -0.2) is 4.98 Å². The molecule has 104 valence electrons. The molecular weight excluding hydrogens is 264 g/mol. The number of carbonyl (C=O) groups is 1. The van der Waals surface area contributed by atoms with Crippen molar-refractivity contribution in [2.75, 3.05) is 0 Å². The number of benzene rings is 1. The minimum absolute atomic E-state index is 0.0399. The van der Waals surface area contributed by atoms with Gasteiger partial charge in [0.2, 0.25) is 0 Å². The van der Waals surface area contributed by atoms with Crippen LogP contribution in [0.15, 0.2) is 24.5 Å². The van der Waals surface area contributed by atoms with Crippen LogP contribution >= 0.6 is 0 Å². The third-order valence-electron chi connectivity index (χ3n) is 3.46. The summed E-state index contributed by atoms with van der Waals surface area (Å²) in [5, 5.41) is 18.1. The molecular formula is C16H14N4O. The summed E-state index contributed by atoms with van der Waals surface area (Å²) in [6, 6.07) is 8.88. The molecule has 1 heterocycles. The predicted molar refractivity (Wildman–Crippen MR) is 76.6 cm³/mol. The van der Waals surface area contributed by atoms with Crippen molar-refractivity contribution < 1.29 is 4.79 Å². The fourth-order valence-corrected chi connectivity index (χ4v) is 2.20. The SMILES string of the molecule is Cc1ccc(C)c(C(=O)C(C)n2cnc(C#N)c2C#N)c1. The van der Waals surface area contributed by atoms with Gasteiger partial charge in [-0.1, -0.05) is 17.7 Å². The van der Waals surface area contributed by atoms with Crippen LogP contribution in [-0.2, 0) is 0 Å². The van der Waals surface area contributed by atoms with Gasteiger partial charge in [0.15, 0.2) is 17.2 Å². The molecule has 0 saturated heterocycles. The molecule has 0 amide bonds. The largest absolute Gasteiger partial charge is 0.310 e. The van der Waals surface area contributed by atoms with Gasteiger partial charge in [0, 0.05) is 5.56 Å². The topological polar surface area (TPSA) is 82.5 Å². The highest BCUT2D eigenvalue weighted by atomic mass is 16.1. The van der Waals surface area contributed by atoms with Crippen molar-refractivity contribution in [2.45, 2.75) is 26.8 Å². The fraction of sp³-hybridized carbons (Fsp3) is 0.250. The Balaban J connectivity index is 2.46. The molecule has 5 heteroatoms. The number of Topliss-reactive ketones (excluding diaryl/α,β-unsaturated/α-hetero) is 1. The van der Waals surface area contributed by atoms with Crippen LogP contribution in [0.4, 0.5) is 0 Å². The molecule has 0 aliphatic heterocycles. The zero-order valence-corrected chi connectivity index (χ0v) is 12.1. The first-order chi connectivity index (χ1) is 9.99. The Bertz CT molecular complexity index is 790. The zero-order valence-electron chi connectivity index (χ0n) is 12.1. The summed E-state index contributed by atoms with van der Waals surface area (Å²) >= 11 is 0. The Morgan fingerprint density at radius 3 is 2.62 bits per heavy atom. The molecule has 2 aromatic rings. The van der Waals surface area contributed by atoms with E-state index in [1.54, 1.807) is 6.92 Å². The highest BCUT2D eigenvalue weighted by Gasteiger charge is 2.23. The molecule has 5 nitrogen and oxygen atoms in total. The van der Waals surface area contributed by atoms with E-state index in [9.17, 15) is 4.79 Å². The molecule has 0 aliphatic carbocycles. The number of carbonyl (C=O) groups excluding carboxylic acids is 1. The van der Waals surface area contributed by atoms with Gasteiger partial charge < -0.3 is 4.57 Å². The van der Waals surface area contributed by atoms with E-state index in [0.29, 0.717) is 5.56 Å². The Morgan fingerprint density at radius 2 is 2.00 bits per heavy atom. The molecule has 0 fully saturated rings. The smallest absolute Gasteiger partial charge is 0.185 e. The fourth-order valence-electron chi connectivity index (χ4n) is 2.20. The zero-order chi connectivity index (χ0) is 15.6. The summed E-state index contributed by atoms with van der Waals surface area (Å²) in [5.41, 5.74) is 2.66. The normalized spacial score (nSPS) is 11.5. The average molecular weight is 278 g/mol. The monoisotopic (exact) mass is 278 g/mol. The second kappa shape index (κ2) is 5.60. The molecule has 1 atom stereocenters. The second-order valence-electron chi connectivity index (χ2n) is 4.93.